The third-order valence-electron chi connectivity index (χ3n) is 10.7. The maximum Gasteiger partial charge on any atom is 0.294 e. The van der Waals surface area contributed by atoms with Crippen molar-refractivity contribution in [1.29, 1.82) is 0 Å². The molecule has 6 aromatic carbocycles. The van der Waals surface area contributed by atoms with Gasteiger partial charge in [0.1, 0.15) is 0 Å². The van der Waals surface area contributed by atoms with Gasteiger partial charge in [-0.25, -0.2) is 5.26 Å². The molecule has 0 aliphatic heterocycles. The van der Waals surface area contributed by atoms with Gasteiger partial charge in [-0.3, -0.25) is 4.55 Å². The predicted molar refractivity (Wildman–Crippen MR) is 262 cm³/mol. The van der Waals surface area contributed by atoms with E-state index in [1.807, 2.05) is 29.2 Å². The standard InChI is InChI=1S/C28H37N3.C22H23NO6S2.CH4/c1-7-22(2)25-12-18-28(19-13-25)31(26-14-8-23(9-15-26)20-29(3)4)27-16-10-24(11-17-27)21-30(5)6;1-3-16(2)17-4-6-18(7-5-17)23(19-8-12-21(13-9-19)30-29-28-24)20-10-14-22(15-11-20)31(25,26)27;/h8-19,22H,7,20-21H2,1-6H3;4-16,24H,3H2,1-2H3,(H,25,26,27);1H4. The molecular weight excluding hydrogens is 829 g/mol. The molecule has 63 heavy (non-hydrogen) atoms. The molecule has 2 atom stereocenters. The molecular formula is C51H64N4O6S2. The summed E-state index contributed by atoms with van der Waals surface area (Å²) in [5.41, 5.74) is 11.3. The summed E-state index contributed by atoms with van der Waals surface area (Å²) in [6.45, 7) is 10.8. The lowest BCUT2D eigenvalue weighted by Gasteiger charge is -2.26. The molecule has 12 heteroatoms. The van der Waals surface area contributed by atoms with E-state index in [1.165, 1.54) is 51.4 Å². The molecule has 2 unspecified atom stereocenters. The van der Waals surface area contributed by atoms with Gasteiger partial charge in [-0.2, -0.15) is 8.42 Å². The average molecular weight is 893 g/mol. The second-order valence-electron chi connectivity index (χ2n) is 16.0. The first kappa shape index (κ1) is 50.6. The van der Waals surface area contributed by atoms with Gasteiger partial charge in [-0.1, -0.05) is 88.7 Å². The van der Waals surface area contributed by atoms with Crippen molar-refractivity contribution in [3.63, 3.8) is 0 Å². The Bertz CT molecular complexity index is 2310. The fraction of sp³-hybridized carbons (Fsp3) is 0.294. The van der Waals surface area contributed by atoms with Gasteiger partial charge in [-0.15, -0.1) is 4.33 Å². The second kappa shape index (κ2) is 24.2. The van der Waals surface area contributed by atoms with Gasteiger partial charge in [0.2, 0.25) is 0 Å². The van der Waals surface area contributed by atoms with Crippen LogP contribution in [0.2, 0.25) is 0 Å². The summed E-state index contributed by atoms with van der Waals surface area (Å²) in [6, 6.07) is 48.4. The van der Waals surface area contributed by atoms with Crippen molar-refractivity contribution in [2.75, 3.05) is 38.0 Å². The Kier molecular flexibility index (Phi) is 19.4. The van der Waals surface area contributed by atoms with Gasteiger partial charge in [0.25, 0.3) is 10.1 Å². The Labute approximate surface area is 380 Å². The molecule has 6 aromatic rings. The van der Waals surface area contributed by atoms with E-state index in [-0.39, 0.29) is 12.3 Å². The Morgan fingerprint density at radius 1 is 0.524 bits per heavy atom. The van der Waals surface area contributed by atoms with Crippen molar-refractivity contribution in [3.8, 4) is 0 Å². The Morgan fingerprint density at radius 3 is 1.11 bits per heavy atom. The Balaban J connectivity index is 0.000000272. The molecule has 0 saturated carbocycles. The van der Waals surface area contributed by atoms with Gasteiger partial charge in [-0.05, 0) is 172 Å². The molecule has 336 valence electrons. The zero-order valence-electron chi connectivity index (χ0n) is 37.0. The fourth-order valence-electron chi connectivity index (χ4n) is 6.97. The van der Waals surface area contributed by atoms with E-state index in [4.69, 9.17) is 5.26 Å². The molecule has 6 rings (SSSR count). The number of anilines is 6. The van der Waals surface area contributed by atoms with Gasteiger partial charge >= 0.3 is 0 Å². The summed E-state index contributed by atoms with van der Waals surface area (Å²) in [4.78, 5) is 9.25. The summed E-state index contributed by atoms with van der Waals surface area (Å²) >= 11 is 0.860. The van der Waals surface area contributed by atoms with Crippen LogP contribution in [0.25, 0.3) is 0 Å². The first-order valence-electron chi connectivity index (χ1n) is 20.8. The number of rotatable bonds is 18. The molecule has 0 amide bonds. The van der Waals surface area contributed by atoms with Gasteiger partial charge < -0.3 is 19.6 Å². The van der Waals surface area contributed by atoms with Crippen LogP contribution in [0.5, 0.6) is 0 Å². The van der Waals surface area contributed by atoms with E-state index in [1.54, 1.807) is 24.3 Å². The van der Waals surface area contributed by atoms with Crippen LogP contribution in [0.1, 0.15) is 82.1 Å². The smallest absolute Gasteiger partial charge is 0.294 e. The van der Waals surface area contributed by atoms with Crippen LogP contribution in [0, 0.1) is 0 Å². The topological polar surface area (TPSA) is 106 Å². The summed E-state index contributed by atoms with van der Waals surface area (Å²) in [6.07, 6.45) is 2.20. The molecule has 0 saturated heterocycles. The van der Waals surface area contributed by atoms with Crippen LogP contribution < -0.4 is 9.80 Å². The third kappa shape index (κ3) is 14.5. The van der Waals surface area contributed by atoms with Crippen molar-refractivity contribution in [3.05, 3.63) is 168 Å². The van der Waals surface area contributed by atoms with Gasteiger partial charge in [0, 0.05) is 52.1 Å². The Morgan fingerprint density at radius 2 is 0.825 bits per heavy atom. The maximum atomic E-state index is 11.4. The lowest BCUT2D eigenvalue weighted by atomic mass is 9.98. The zero-order chi connectivity index (χ0) is 44.8. The van der Waals surface area contributed by atoms with Crippen molar-refractivity contribution in [2.45, 2.75) is 82.7 Å². The van der Waals surface area contributed by atoms with Crippen LogP contribution in [0.3, 0.4) is 0 Å². The van der Waals surface area contributed by atoms with E-state index >= 15 is 0 Å². The van der Waals surface area contributed by atoms with Crippen LogP contribution in [-0.4, -0.2) is 56.2 Å². The highest BCUT2D eigenvalue weighted by Crippen LogP contribution is 2.38. The minimum atomic E-state index is -4.27. The maximum absolute atomic E-state index is 11.4. The SMILES string of the molecule is C.CCC(C)c1ccc(N(c2ccc(CN(C)C)cc2)c2ccc(CN(C)C)cc2)cc1.CCC(C)c1ccc(N(c2ccc(SOOO)cc2)c2ccc(S(=O)(=O)O)cc2)cc1. The molecule has 10 nitrogen and oxygen atoms in total. The highest BCUT2D eigenvalue weighted by Gasteiger charge is 2.17. The molecule has 0 fully saturated rings. The van der Waals surface area contributed by atoms with E-state index in [9.17, 15) is 13.0 Å². The summed E-state index contributed by atoms with van der Waals surface area (Å²) in [5.74, 6) is 1.03. The molecule has 0 bridgehead atoms. The highest BCUT2D eigenvalue weighted by atomic mass is 32.2. The molecule has 0 radical (unpaired) electrons. The van der Waals surface area contributed by atoms with E-state index in [0.29, 0.717) is 16.7 Å². The minimum Gasteiger partial charge on any atom is -0.311 e. The molecule has 0 heterocycles. The minimum absolute atomic E-state index is 0. The second-order valence-corrected chi connectivity index (χ2v) is 18.2. The lowest BCUT2D eigenvalue weighted by molar-refractivity contribution is -0.432. The lowest BCUT2D eigenvalue weighted by Crippen LogP contribution is -2.13. The molecule has 0 spiro atoms. The van der Waals surface area contributed by atoms with Crippen molar-refractivity contribution < 1.29 is 27.6 Å². The van der Waals surface area contributed by atoms with Crippen LogP contribution >= 0.6 is 12.0 Å². The molecule has 0 aromatic heterocycles. The zero-order valence-corrected chi connectivity index (χ0v) is 38.6. The van der Waals surface area contributed by atoms with Gasteiger partial charge in [0.05, 0.1) is 16.9 Å². The van der Waals surface area contributed by atoms with Crippen LogP contribution in [0.15, 0.2) is 155 Å². The van der Waals surface area contributed by atoms with Crippen molar-refractivity contribution in [2.24, 2.45) is 0 Å². The molecule has 2 N–H and O–H groups in total. The summed E-state index contributed by atoms with van der Waals surface area (Å²) in [5, 5.41) is 11.9. The van der Waals surface area contributed by atoms with Crippen molar-refractivity contribution >= 4 is 56.3 Å². The monoisotopic (exact) mass is 892 g/mol. The average Bonchev–Trinajstić information content (AvgIpc) is 3.27. The number of nitrogens with zero attached hydrogens (tertiary/aromatic N) is 4. The van der Waals surface area contributed by atoms with Crippen LogP contribution in [-0.2, 0) is 32.6 Å². The van der Waals surface area contributed by atoms with Crippen LogP contribution in [0.4, 0.5) is 34.1 Å². The van der Waals surface area contributed by atoms with E-state index in [2.05, 4.69) is 165 Å². The van der Waals surface area contributed by atoms with E-state index in [0.717, 1.165) is 55.0 Å². The third-order valence-corrected chi connectivity index (χ3v) is 12.2. The predicted octanol–water partition coefficient (Wildman–Crippen LogP) is 13.8. The quantitative estimate of drug-likeness (QED) is 0.0373. The van der Waals surface area contributed by atoms with Gasteiger partial charge in [0.15, 0.2) is 0 Å². The summed E-state index contributed by atoms with van der Waals surface area (Å²) in [7, 11) is 4.15. The fourth-order valence-corrected chi connectivity index (χ4v) is 7.81. The number of hydrogen-bond donors (Lipinski definition) is 2. The molecule has 0 aliphatic carbocycles. The first-order valence-corrected chi connectivity index (χ1v) is 23.0. The number of benzene rings is 6. The molecule has 0 aliphatic rings. The summed E-state index contributed by atoms with van der Waals surface area (Å²) < 4.78 is 36.5. The van der Waals surface area contributed by atoms with E-state index < -0.39 is 10.1 Å². The number of hydrogen-bond acceptors (Lipinski definition) is 10. The largest absolute Gasteiger partial charge is 0.311 e. The highest BCUT2D eigenvalue weighted by molar-refractivity contribution is 7.94. The normalized spacial score (nSPS) is 12.3. The van der Waals surface area contributed by atoms with Crippen molar-refractivity contribution in [1.82, 2.24) is 9.80 Å². The Hall–Kier alpha value is -5.02. The first-order chi connectivity index (χ1) is 29.7.